The number of carbonyl (C=O) groups is 2. The summed E-state index contributed by atoms with van der Waals surface area (Å²) in [6.07, 6.45) is 8.81. The summed E-state index contributed by atoms with van der Waals surface area (Å²) in [5.41, 5.74) is 3.38. The largest absolute Gasteiger partial charge is 0.464 e. The zero-order valence-electron chi connectivity index (χ0n) is 22.0. The molecular weight excluding hydrogens is 466 g/mol. The second-order valence-corrected chi connectivity index (χ2v) is 10.5. The van der Waals surface area contributed by atoms with E-state index in [-0.39, 0.29) is 29.8 Å². The lowest BCUT2D eigenvalue weighted by atomic mass is 9.83. The van der Waals surface area contributed by atoms with Crippen LogP contribution >= 0.6 is 0 Å². The number of nitrogens with one attached hydrogen (secondary N) is 2. The maximum Gasteiger partial charge on any atom is 0.246 e. The third-order valence-electron chi connectivity index (χ3n) is 8.00. The molecule has 2 fully saturated rings. The number of likely N-dealkylation sites (tertiary alicyclic amines) is 1. The zero-order valence-corrected chi connectivity index (χ0v) is 22.0. The molecule has 1 saturated carbocycles. The van der Waals surface area contributed by atoms with Gasteiger partial charge < -0.3 is 20.0 Å². The summed E-state index contributed by atoms with van der Waals surface area (Å²) < 4.78 is 5.76. The van der Waals surface area contributed by atoms with Crippen molar-refractivity contribution >= 4 is 22.8 Å². The van der Waals surface area contributed by atoms with Gasteiger partial charge in [-0.1, -0.05) is 37.5 Å². The van der Waals surface area contributed by atoms with Gasteiger partial charge in [0.1, 0.15) is 23.7 Å². The number of hydrogen-bond acceptors (Lipinski definition) is 6. The van der Waals surface area contributed by atoms with Crippen molar-refractivity contribution in [1.29, 1.82) is 0 Å². The van der Waals surface area contributed by atoms with E-state index in [1.165, 1.54) is 6.42 Å². The molecule has 2 N–H and O–H groups in total. The number of aryl methyl sites for hydroxylation is 1. The van der Waals surface area contributed by atoms with Gasteiger partial charge in [0.25, 0.3) is 0 Å². The molecule has 196 valence electrons. The molecule has 1 saturated heterocycles. The van der Waals surface area contributed by atoms with E-state index in [0.29, 0.717) is 12.4 Å². The molecule has 0 radical (unpaired) electrons. The van der Waals surface area contributed by atoms with E-state index in [1.54, 1.807) is 13.3 Å². The van der Waals surface area contributed by atoms with Crippen LogP contribution in [0.3, 0.4) is 0 Å². The third-order valence-corrected chi connectivity index (χ3v) is 8.00. The highest BCUT2D eigenvalue weighted by Crippen LogP contribution is 2.36. The molecule has 3 atom stereocenters. The lowest BCUT2D eigenvalue weighted by molar-refractivity contribution is -0.139. The first-order chi connectivity index (χ1) is 18.0. The smallest absolute Gasteiger partial charge is 0.246 e. The van der Waals surface area contributed by atoms with Crippen molar-refractivity contribution in [2.24, 2.45) is 5.92 Å². The number of fused-ring (bicyclic) bond motifs is 1. The molecule has 5 rings (SSSR count). The predicted octanol–water partition coefficient (Wildman–Crippen LogP) is 4.53. The molecule has 2 aromatic heterocycles. The summed E-state index contributed by atoms with van der Waals surface area (Å²) in [6, 6.07) is 8.90. The summed E-state index contributed by atoms with van der Waals surface area (Å²) in [6.45, 7) is 4.37. The lowest BCUT2D eigenvalue weighted by Gasteiger charge is -2.35. The molecule has 1 aliphatic carbocycles. The van der Waals surface area contributed by atoms with Gasteiger partial charge in [0.05, 0.1) is 23.5 Å². The Labute approximate surface area is 218 Å². The highest BCUT2D eigenvalue weighted by Gasteiger charge is 2.39. The van der Waals surface area contributed by atoms with E-state index in [1.807, 2.05) is 49.1 Å². The van der Waals surface area contributed by atoms with Crippen molar-refractivity contribution in [1.82, 2.24) is 25.5 Å². The van der Waals surface area contributed by atoms with E-state index >= 15 is 0 Å². The van der Waals surface area contributed by atoms with Gasteiger partial charge >= 0.3 is 0 Å². The fourth-order valence-corrected chi connectivity index (χ4v) is 5.85. The molecule has 2 unspecified atom stereocenters. The predicted molar refractivity (Wildman–Crippen MR) is 143 cm³/mol. The number of furan rings is 1. The van der Waals surface area contributed by atoms with Crippen LogP contribution in [-0.2, 0) is 9.59 Å². The fraction of sp³-hybridized carbons (Fsp3) is 0.517. The SMILES string of the molecule is CNC(C)C(=O)N[C@H](C(=O)N1CCCC1c1cc(-c2coc3ccccc23)nc(C)n1)C1CCCCC1. The number of amides is 2. The van der Waals surface area contributed by atoms with Crippen molar-refractivity contribution in [2.45, 2.75) is 76.9 Å². The quantitative estimate of drug-likeness (QED) is 0.491. The van der Waals surface area contributed by atoms with Crippen LogP contribution in [-0.4, -0.2) is 52.4 Å². The minimum Gasteiger partial charge on any atom is -0.464 e. The number of rotatable bonds is 7. The number of aromatic nitrogens is 2. The molecule has 8 heteroatoms. The van der Waals surface area contributed by atoms with E-state index in [0.717, 1.165) is 66.4 Å². The van der Waals surface area contributed by atoms with Crippen molar-refractivity contribution in [3.63, 3.8) is 0 Å². The zero-order chi connectivity index (χ0) is 25.9. The van der Waals surface area contributed by atoms with Crippen LogP contribution in [0.25, 0.3) is 22.2 Å². The standard InChI is InChI=1S/C29H37N5O3/c1-18(30-3)28(35)33-27(20-10-5-4-6-11-20)29(36)34-15-9-13-25(34)24-16-23(31-19(2)32-24)22-17-37-26-14-8-7-12-21(22)26/h7-8,12,14,16-18,20,25,27,30H,4-6,9-11,13,15H2,1-3H3,(H,33,35)/t18?,25?,27-/m0/s1. The van der Waals surface area contributed by atoms with Gasteiger partial charge in [0, 0.05) is 17.5 Å². The maximum atomic E-state index is 14.1. The number of para-hydroxylation sites is 1. The molecule has 3 aromatic rings. The Morgan fingerprint density at radius 3 is 2.65 bits per heavy atom. The van der Waals surface area contributed by atoms with Crippen molar-refractivity contribution in [3.8, 4) is 11.3 Å². The molecular formula is C29H37N5O3. The Hall–Kier alpha value is -3.26. The minimum absolute atomic E-state index is 0.0117. The summed E-state index contributed by atoms with van der Waals surface area (Å²) in [4.78, 5) is 38.4. The average Bonchev–Trinajstić information content (AvgIpc) is 3.59. The Morgan fingerprint density at radius 2 is 1.86 bits per heavy atom. The highest BCUT2D eigenvalue weighted by molar-refractivity contribution is 5.93. The second kappa shape index (κ2) is 11.0. The Bertz CT molecular complexity index is 1270. The normalized spacial score (nSPS) is 20.2. The first-order valence-electron chi connectivity index (χ1n) is 13.6. The number of likely N-dealkylation sites (N-methyl/N-ethyl adjacent to an activating group) is 1. The van der Waals surface area contributed by atoms with E-state index in [9.17, 15) is 9.59 Å². The number of hydrogen-bond donors (Lipinski definition) is 2. The number of carbonyl (C=O) groups excluding carboxylic acids is 2. The lowest BCUT2D eigenvalue weighted by Crippen LogP contribution is -2.55. The van der Waals surface area contributed by atoms with Gasteiger partial charge in [0.2, 0.25) is 11.8 Å². The monoisotopic (exact) mass is 503 g/mol. The molecule has 2 amide bonds. The molecule has 8 nitrogen and oxygen atoms in total. The summed E-state index contributed by atoms with van der Waals surface area (Å²) >= 11 is 0. The molecule has 1 aromatic carbocycles. The molecule has 37 heavy (non-hydrogen) atoms. The summed E-state index contributed by atoms with van der Waals surface area (Å²) in [5, 5.41) is 7.11. The van der Waals surface area contributed by atoms with Crippen LogP contribution in [0.15, 0.2) is 41.0 Å². The average molecular weight is 504 g/mol. The number of benzene rings is 1. The molecule has 2 aliphatic rings. The first-order valence-corrected chi connectivity index (χ1v) is 13.6. The fourth-order valence-electron chi connectivity index (χ4n) is 5.85. The van der Waals surface area contributed by atoms with E-state index in [4.69, 9.17) is 14.4 Å². The van der Waals surface area contributed by atoms with Crippen molar-refractivity contribution in [2.75, 3.05) is 13.6 Å². The van der Waals surface area contributed by atoms with Gasteiger partial charge in [0.15, 0.2) is 0 Å². The van der Waals surface area contributed by atoms with Crippen LogP contribution in [0.4, 0.5) is 0 Å². The Kier molecular flexibility index (Phi) is 7.55. The van der Waals surface area contributed by atoms with Crippen LogP contribution < -0.4 is 10.6 Å². The minimum atomic E-state index is -0.510. The van der Waals surface area contributed by atoms with Crippen LogP contribution in [0.5, 0.6) is 0 Å². The van der Waals surface area contributed by atoms with E-state index < -0.39 is 6.04 Å². The topological polar surface area (TPSA) is 100 Å². The van der Waals surface area contributed by atoms with E-state index in [2.05, 4.69) is 10.6 Å². The number of nitrogens with zero attached hydrogens (tertiary/aromatic N) is 3. The third kappa shape index (κ3) is 5.25. The van der Waals surface area contributed by atoms with Gasteiger partial charge in [-0.25, -0.2) is 9.97 Å². The van der Waals surface area contributed by atoms with Crippen molar-refractivity contribution in [3.05, 3.63) is 48.1 Å². The van der Waals surface area contributed by atoms with Crippen LogP contribution in [0.1, 0.15) is 69.4 Å². The highest BCUT2D eigenvalue weighted by atomic mass is 16.3. The molecule has 0 bridgehead atoms. The first kappa shape index (κ1) is 25.4. The summed E-state index contributed by atoms with van der Waals surface area (Å²) in [5.74, 6) is 0.708. The molecule has 3 heterocycles. The Balaban J connectivity index is 1.44. The van der Waals surface area contributed by atoms with Crippen LogP contribution in [0, 0.1) is 12.8 Å². The van der Waals surface area contributed by atoms with Gasteiger partial charge in [-0.3, -0.25) is 9.59 Å². The van der Waals surface area contributed by atoms with Gasteiger partial charge in [-0.05, 0) is 64.6 Å². The summed E-state index contributed by atoms with van der Waals surface area (Å²) in [7, 11) is 1.76. The van der Waals surface area contributed by atoms with Gasteiger partial charge in [-0.2, -0.15) is 0 Å². The molecule has 0 spiro atoms. The Morgan fingerprint density at radius 1 is 1.08 bits per heavy atom. The van der Waals surface area contributed by atoms with Crippen molar-refractivity contribution < 1.29 is 14.0 Å². The van der Waals surface area contributed by atoms with Crippen LogP contribution in [0.2, 0.25) is 0 Å². The van der Waals surface area contributed by atoms with Gasteiger partial charge in [-0.15, -0.1) is 0 Å². The molecule has 1 aliphatic heterocycles. The second-order valence-electron chi connectivity index (χ2n) is 10.5. The maximum absolute atomic E-state index is 14.1.